The first kappa shape index (κ1) is 14.3. The summed E-state index contributed by atoms with van der Waals surface area (Å²) < 4.78 is 1.01. The van der Waals surface area contributed by atoms with Crippen LogP contribution in [0, 0.1) is 5.41 Å². The third-order valence-corrected chi connectivity index (χ3v) is 3.86. The summed E-state index contributed by atoms with van der Waals surface area (Å²) in [6.07, 6.45) is 1.02. The van der Waals surface area contributed by atoms with Gasteiger partial charge in [-0.3, -0.25) is 0 Å². The third kappa shape index (κ3) is 3.28. The topological polar surface area (TPSA) is 60.7 Å². The first-order valence-electron chi connectivity index (χ1n) is 6.39. The number of H-pyrrole nitrogens is 2. The molecule has 0 bridgehead atoms. The van der Waals surface area contributed by atoms with Gasteiger partial charge < -0.3 is 15.3 Å². The van der Waals surface area contributed by atoms with Crippen LogP contribution >= 0.6 is 15.9 Å². The highest BCUT2D eigenvalue weighted by atomic mass is 79.9. The lowest BCUT2D eigenvalue weighted by molar-refractivity contribution is 0.320. The summed E-state index contributed by atoms with van der Waals surface area (Å²) in [6.45, 7) is 6.67. The van der Waals surface area contributed by atoms with Gasteiger partial charge in [0.25, 0.3) is 0 Å². The van der Waals surface area contributed by atoms with Gasteiger partial charge in [-0.05, 0) is 36.6 Å². The summed E-state index contributed by atoms with van der Waals surface area (Å²) in [6, 6.07) is 4.23. The molecule has 0 aliphatic rings. The van der Waals surface area contributed by atoms with E-state index in [1.165, 1.54) is 5.56 Å². The van der Waals surface area contributed by atoms with Crippen molar-refractivity contribution in [1.29, 1.82) is 0 Å². The first-order chi connectivity index (χ1) is 8.80. The molecule has 0 fully saturated rings. The fourth-order valence-electron chi connectivity index (χ4n) is 2.32. The van der Waals surface area contributed by atoms with Crippen molar-refractivity contribution in [2.24, 2.45) is 5.41 Å². The molecule has 1 aromatic heterocycles. The molecule has 0 saturated carbocycles. The lowest BCUT2D eigenvalue weighted by Gasteiger charge is -2.26. The number of halogens is 1. The van der Waals surface area contributed by atoms with E-state index in [0.29, 0.717) is 0 Å². The van der Waals surface area contributed by atoms with E-state index in [-0.39, 0.29) is 17.1 Å². The number of hydrogen-bond acceptors (Lipinski definition) is 2. The van der Waals surface area contributed by atoms with Crippen LogP contribution in [-0.4, -0.2) is 17.0 Å². The van der Waals surface area contributed by atoms with Crippen molar-refractivity contribution in [3.05, 3.63) is 32.7 Å². The monoisotopic (exact) mass is 325 g/mol. The SMILES string of the molecule is CNC(CC(C)(C)C)c1cc2[nH]c(=O)[nH]c2cc1Br. The normalized spacial score (nSPS) is 13.9. The van der Waals surface area contributed by atoms with Crippen molar-refractivity contribution in [3.63, 3.8) is 0 Å². The molecule has 0 aliphatic heterocycles. The van der Waals surface area contributed by atoms with Crippen LogP contribution in [0.1, 0.15) is 38.8 Å². The van der Waals surface area contributed by atoms with Gasteiger partial charge in [-0.25, -0.2) is 4.79 Å². The van der Waals surface area contributed by atoms with Crippen molar-refractivity contribution in [1.82, 2.24) is 15.3 Å². The van der Waals surface area contributed by atoms with E-state index >= 15 is 0 Å². The van der Waals surface area contributed by atoms with Gasteiger partial charge in [0.2, 0.25) is 0 Å². The number of fused-ring (bicyclic) bond motifs is 1. The Morgan fingerprint density at radius 1 is 1.26 bits per heavy atom. The maximum absolute atomic E-state index is 11.3. The largest absolute Gasteiger partial charge is 0.323 e. The van der Waals surface area contributed by atoms with Gasteiger partial charge >= 0.3 is 5.69 Å². The maximum atomic E-state index is 11.3. The van der Waals surface area contributed by atoms with Crippen LogP contribution < -0.4 is 11.0 Å². The number of imidazole rings is 1. The van der Waals surface area contributed by atoms with Crippen LogP contribution in [0.2, 0.25) is 0 Å². The Kier molecular flexibility index (Phi) is 3.87. The highest BCUT2D eigenvalue weighted by Crippen LogP contribution is 2.34. The number of nitrogens with one attached hydrogen (secondary N) is 3. The zero-order valence-corrected chi connectivity index (χ0v) is 13.3. The molecular weight excluding hydrogens is 306 g/mol. The summed E-state index contributed by atoms with van der Waals surface area (Å²) >= 11 is 3.60. The van der Waals surface area contributed by atoms with E-state index in [1.54, 1.807) is 0 Å². The molecule has 1 atom stereocenters. The quantitative estimate of drug-likeness (QED) is 0.810. The number of benzene rings is 1. The van der Waals surface area contributed by atoms with Gasteiger partial charge in [0.15, 0.2) is 0 Å². The van der Waals surface area contributed by atoms with Crippen LogP contribution in [0.4, 0.5) is 0 Å². The van der Waals surface area contributed by atoms with Crippen LogP contribution in [0.25, 0.3) is 11.0 Å². The Balaban J connectivity index is 2.47. The van der Waals surface area contributed by atoms with Gasteiger partial charge in [-0.2, -0.15) is 0 Å². The molecule has 0 aliphatic carbocycles. The van der Waals surface area contributed by atoms with Crippen molar-refractivity contribution >= 4 is 27.0 Å². The van der Waals surface area contributed by atoms with Crippen molar-refractivity contribution in [3.8, 4) is 0 Å². The predicted octanol–water partition coefficient (Wildman–Crippen LogP) is 3.32. The van der Waals surface area contributed by atoms with Crippen molar-refractivity contribution in [2.45, 2.75) is 33.2 Å². The minimum absolute atomic E-state index is 0.170. The predicted molar refractivity (Wildman–Crippen MR) is 82.5 cm³/mol. The molecule has 2 aromatic rings. The summed E-state index contributed by atoms with van der Waals surface area (Å²) in [5.74, 6) is 0. The molecule has 4 nitrogen and oxygen atoms in total. The third-order valence-electron chi connectivity index (χ3n) is 3.17. The molecular formula is C14H20BrN3O. The average Bonchev–Trinajstić information content (AvgIpc) is 2.63. The van der Waals surface area contributed by atoms with Crippen LogP contribution in [-0.2, 0) is 0 Å². The molecule has 1 heterocycles. The molecule has 1 aromatic carbocycles. The minimum Gasteiger partial charge on any atom is -0.313 e. The lowest BCUT2D eigenvalue weighted by atomic mass is 9.85. The summed E-state index contributed by atoms with van der Waals surface area (Å²) in [5, 5.41) is 3.36. The number of hydrogen-bond donors (Lipinski definition) is 3. The molecule has 1 unspecified atom stereocenters. The average molecular weight is 326 g/mol. The molecule has 2 rings (SSSR count). The van der Waals surface area contributed by atoms with Gasteiger partial charge in [-0.1, -0.05) is 36.7 Å². The summed E-state index contributed by atoms with van der Waals surface area (Å²) in [7, 11) is 1.97. The molecule has 0 amide bonds. The van der Waals surface area contributed by atoms with E-state index in [2.05, 4.69) is 52.0 Å². The van der Waals surface area contributed by atoms with E-state index in [9.17, 15) is 4.79 Å². The Morgan fingerprint density at radius 3 is 2.37 bits per heavy atom. The van der Waals surface area contributed by atoms with E-state index < -0.39 is 0 Å². The number of aromatic amines is 2. The maximum Gasteiger partial charge on any atom is 0.323 e. The molecule has 0 radical (unpaired) electrons. The Hall–Kier alpha value is -1.07. The molecule has 0 spiro atoms. The highest BCUT2D eigenvalue weighted by Gasteiger charge is 2.21. The Labute approximate surface area is 121 Å². The summed E-state index contributed by atoms with van der Waals surface area (Å²) in [5.41, 5.74) is 2.90. The van der Waals surface area contributed by atoms with Crippen molar-refractivity contribution < 1.29 is 0 Å². The van der Waals surface area contributed by atoms with Crippen LogP contribution in [0.15, 0.2) is 21.4 Å². The standard InChI is InChI=1S/C14H20BrN3O/c1-14(2,3)7-12(16-4)8-5-10-11(6-9(8)15)18-13(19)17-10/h5-6,12,16H,7H2,1-4H3,(H2,17,18,19). The Morgan fingerprint density at radius 2 is 1.84 bits per heavy atom. The molecule has 19 heavy (non-hydrogen) atoms. The molecule has 3 N–H and O–H groups in total. The van der Waals surface area contributed by atoms with Gasteiger partial charge in [0.1, 0.15) is 0 Å². The fraction of sp³-hybridized carbons (Fsp3) is 0.500. The zero-order chi connectivity index (χ0) is 14.2. The van der Waals surface area contributed by atoms with Crippen LogP contribution in [0.5, 0.6) is 0 Å². The zero-order valence-electron chi connectivity index (χ0n) is 11.7. The van der Waals surface area contributed by atoms with E-state index in [1.807, 2.05) is 19.2 Å². The van der Waals surface area contributed by atoms with Crippen molar-refractivity contribution in [2.75, 3.05) is 7.05 Å². The number of aromatic nitrogens is 2. The van der Waals surface area contributed by atoms with Gasteiger partial charge in [0.05, 0.1) is 11.0 Å². The molecule has 5 heteroatoms. The lowest BCUT2D eigenvalue weighted by Crippen LogP contribution is -2.22. The first-order valence-corrected chi connectivity index (χ1v) is 7.18. The molecule has 0 saturated heterocycles. The second kappa shape index (κ2) is 5.13. The molecule has 104 valence electrons. The van der Waals surface area contributed by atoms with Gasteiger partial charge in [-0.15, -0.1) is 0 Å². The highest BCUT2D eigenvalue weighted by molar-refractivity contribution is 9.10. The van der Waals surface area contributed by atoms with Crippen LogP contribution in [0.3, 0.4) is 0 Å². The smallest absolute Gasteiger partial charge is 0.313 e. The number of rotatable bonds is 3. The second-order valence-electron chi connectivity index (χ2n) is 6.10. The Bertz CT molecular complexity index is 636. The minimum atomic E-state index is -0.170. The second-order valence-corrected chi connectivity index (χ2v) is 6.96. The fourth-order valence-corrected chi connectivity index (χ4v) is 2.94. The summed E-state index contributed by atoms with van der Waals surface area (Å²) in [4.78, 5) is 16.9. The van der Waals surface area contributed by atoms with E-state index in [4.69, 9.17) is 0 Å². The van der Waals surface area contributed by atoms with Gasteiger partial charge in [0, 0.05) is 10.5 Å². The van der Waals surface area contributed by atoms with E-state index in [0.717, 1.165) is 21.9 Å².